The Morgan fingerprint density at radius 1 is 1.30 bits per heavy atom. The number of hydrogen-bond acceptors (Lipinski definition) is 3. The molecule has 0 saturated heterocycles. The highest BCUT2D eigenvalue weighted by Crippen LogP contribution is 2.16. The molecule has 0 heterocycles. The minimum absolute atomic E-state index is 0.0473. The Morgan fingerprint density at radius 2 is 1.90 bits per heavy atom. The van der Waals surface area contributed by atoms with Crippen LogP contribution >= 0.6 is 11.8 Å². The highest BCUT2D eigenvalue weighted by atomic mass is 32.2. The normalized spacial score (nSPS) is 11.4. The number of benzene rings is 1. The Kier molecular flexibility index (Phi) is 7.02. The molecule has 0 unspecified atom stereocenters. The first-order chi connectivity index (χ1) is 9.55. The molecule has 0 fully saturated rings. The van der Waals surface area contributed by atoms with Crippen LogP contribution in [0, 0.1) is 5.82 Å². The van der Waals surface area contributed by atoms with E-state index < -0.39 is 5.54 Å². The van der Waals surface area contributed by atoms with E-state index in [9.17, 15) is 14.3 Å². The lowest BCUT2D eigenvalue weighted by molar-refractivity contribution is -0.121. The van der Waals surface area contributed by atoms with Crippen LogP contribution < -0.4 is 5.32 Å². The van der Waals surface area contributed by atoms with Crippen LogP contribution in [0.25, 0.3) is 0 Å². The number of rotatable bonds is 8. The number of carbonyl (C=O) groups is 1. The third kappa shape index (κ3) is 5.13. The van der Waals surface area contributed by atoms with Gasteiger partial charge in [0.2, 0.25) is 5.91 Å². The van der Waals surface area contributed by atoms with Crippen molar-refractivity contribution in [1.29, 1.82) is 0 Å². The molecular weight excluding hydrogens is 277 g/mol. The van der Waals surface area contributed by atoms with E-state index in [1.807, 2.05) is 13.8 Å². The van der Waals surface area contributed by atoms with Crippen LogP contribution in [0.1, 0.15) is 32.3 Å². The number of aliphatic hydroxyl groups is 1. The molecule has 2 N–H and O–H groups in total. The van der Waals surface area contributed by atoms with Gasteiger partial charge in [0, 0.05) is 5.75 Å². The molecule has 0 aliphatic rings. The molecule has 1 aromatic rings. The molecule has 0 spiro atoms. The molecule has 1 rings (SSSR count). The number of hydrogen-bond donors (Lipinski definition) is 2. The average molecular weight is 299 g/mol. The van der Waals surface area contributed by atoms with Gasteiger partial charge in [-0.05, 0) is 30.5 Å². The molecule has 0 aliphatic carbocycles. The average Bonchev–Trinajstić information content (AvgIpc) is 2.47. The highest BCUT2D eigenvalue weighted by Gasteiger charge is 2.26. The Labute approximate surface area is 124 Å². The van der Waals surface area contributed by atoms with Gasteiger partial charge in [0.05, 0.1) is 17.9 Å². The van der Waals surface area contributed by atoms with Crippen LogP contribution in [0.15, 0.2) is 24.3 Å². The van der Waals surface area contributed by atoms with E-state index >= 15 is 0 Å². The number of amides is 1. The first-order valence-corrected chi connectivity index (χ1v) is 7.94. The van der Waals surface area contributed by atoms with E-state index in [4.69, 9.17) is 0 Å². The van der Waals surface area contributed by atoms with Crippen molar-refractivity contribution in [3.63, 3.8) is 0 Å². The number of nitrogens with one attached hydrogen (secondary N) is 1. The van der Waals surface area contributed by atoms with Crippen molar-refractivity contribution in [3.8, 4) is 0 Å². The van der Waals surface area contributed by atoms with Gasteiger partial charge in [0.15, 0.2) is 0 Å². The first kappa shape index (κ1) is 17.0. The maximum Gasteiger partial charge on any atom is 0.230 e. The maximum absolute atomic E-state index is 12.7. The summed E-state index contributed by atoms with van der Waals surface area (Å²) in [5.74, 6) is 0.668. The fourth-order valence-corrected chi connectivity index (χ4v) is 2.65. The molecule has 3 nitrogen and oxygen atoms in total. The van der Waals surface area contributed by atoms with Crippen molar-refractivity contribution in [3.05, 3.63) is 35.6 Å². The maximum atomic E-state index is 12.7. The van der Waals surface area contributed by atoms with Gasteiger partial charge >= 0.3 is 0 Å². The zero-order valence-corrected chi connectivity index (χ0v) is 12.8. The molecule has 1 aromatic carbocycles. The first-order valence-electron chi connectivity index (χ1n) is 6.79. The molecular formula is C15H22FNO2S. The third-order valence-electron chi connectivity index (χ3n) is 3.48. The summed E-state index contributed by atoms with van der Waals surface area (Å²) in [4.78, 5) is 11.9. The zero-order valence-electron chi connectivity index (χ0n) is 12.0. The number of carbonyl (C=O) groups excluding carboxylic acids is 1. The summed E-state index contributed by atoms with van der Waals surface area (Å²) < 4.78 is 12.7. The van der Waals surface area contributed by atoms with Crippen LogP contribution in [0.5, 0.6) is 0 Å². The molecule has 0 saturated carbocycles. The Hall–Kier alpha value is -1.07. The SMILES string of the molecule is CCC(CC)(CO)NC(=O)CSCc1ccc(F)cc1. The van der Waals surface area contributed by atoms with Crippen LogP contribution in [0.4, 0.5) is 4.39 Å². The molecule has 0 aromatic heterocycles. The smallest absolute Gasteiger partial charge is 0.230 e. The molecule has 20 heavy (non-hydrogen) atoms. The van der Waals surface area contributed by atoms with Crippen LogP contribution in [0.2, 0.25) is 0 Å². The van der Waals surface area contributed by atoms with Gasteiger partial charge in [0.1, 0.15) is 5.82 Å². The van der Waals surface area contributed by atoms with Crippen molar-refractivity contribution >= 4 is 17.7 Å². The molecule has 1 amide bonds. The van der Waals surface area contributed by atoms with Crippen molar-refractivity contribution < 1.29 is 14.3 Å². The monoisotopic (exact) mass is 299 g/mol. The van der Waals surface area contributed by atoms with E-state index in [0.29, 0.717) is 24.3 Å². The lowest BCUT2D eigenvalue weighted by Gasteiger charge is -2.30. The van der Waals surface area contributed by atoms with E-state index in [1.165, 1.54) is 23.9 Å². The molecule has 112 valence electrons. The van der Waals surface area contributed by atoms with Gasteiger partial charge in [0.25, 0.3) is 0 Å². The van der Waals surface area contributed by atoms with E-state index in [1.54, 1.807) is 12.1 Å². The summed E-state index contributed by atoms with van der Waals surface area (Å²) in [6.07, 6.45) is 1.41. The Balaban J connectivity index is 2.38. The highest BCUT2D eigenvalue weighted by molar-refractivity contribution is 7.99. The summed E-state index contributed by atoms with van der Waals surface area (Å²) in [5, 5.41) is 12.3. The fourth-order valence-electron chi connectivity index (χ4n) is 1.86. The molecule has 0 radical (unpaired) electrons. The topological polar surface area (TPSA) is 49.3 Å². The quantitative estimate of drug-likeness (QED) is 0.776. The molecule has 0 bridgehead atoms. The lowest BCUT2D eigenvalue weighted by Crippen LogP contribution is -2.51. The largest absolute Gasteiger partial charge is 0.394 e. The van der Waals surface area contributed by atoms with Gasteiger partial charge in [-0.25, -0.2) is 4.39 Å². The van der Waals surface area contributed by atoms with Crippen molar-refractivity contribution in [1.82, 2.24) is 5.32 Å². The second-order valence-corrected chi connectivity index (χ2v) is 5.80. The zero-order chi connectivity index (χ0) is 15.0. The number of halogens is 1. The second-order valence-electron chi connectivity index (χ2n) is 4.81. The minimum atomic E-state index is -0.506. The summed E-state index contributed by atoms with van der Waals surface area (Å²) in [5.41, 5.74) is 0.483. The van der Waals surface area contributed by atoms with Crippen molar-refractivity contribution in [2.75, 3.05) is 12.4 Å². The Bertz CT molecular complexity index is 410. The van der Waals surface area contributed by atoms with Crippen LogP contribution in [-0.2, 0) is 10.5 Å². The fraction of sp³-hybridized carbons (Fsp3) is 0.533. The van der Waals surface area contributed by atoms with E-state index in [-0.39, 0.29) is 18.3 Å². The molecule has 0 atom stereocenters. The van der Waals surface area contributed by atoms with Crippen LogP contribution in [0.3, 0.4) is 0 Å². The summed E-state index contributed by atoms with van der Waals surface area (Å²) in [6.45, 7) is 3.85. The van der Waals surface area contributed by atoms with Gasteiger partial charge in [-0.1, -0.05) is 26.0 Å². The third-order valence-corrected chi connectivity index (χ3v) is 4.48. The van der Waals surface area contributed by atoms with Gasteiger partial charge in [-0.15, -0.1) is 11.8 Å². The standard InChI is InChI=1S/C15H22FNO2S/c1-3-15(4-2,11-18)17-14(19)10-20-9-12-5-7-13(16)8-6-12/h5-8,18H,3-4,9-11H2,1-2H3,(H,17,19). The molecule has 0 aliphatic heterocycles. The second kappa shape index (κ2) is 8.27. The Morgan fingerprint density at radius 3 is 2.40 bits per heavy atom. The van der Waals surface area contributed by atoms with Crippen molar-refractivity contribution in [2.24, 2.45) is 0 Å². The summed E-state index contributed by atoms with van der Waals surface area (Å²) >= 11 is 1.48. The summed E-state index contributed by atoms with van der Waals surface area (Å²) in [7, 11) is 0. The van der Waals surface area contributed by atoms with Crippen molar-refractivity contribution in [2.45, 2.75) is 38.0 Å². The van der Waals surface area contributed by atoms with Crippen LogP contribution in [-0.4, -0.2) is 28.9 Å². The predicted molar refractivity (Wildman–Crippen MR) is 81.1 cm³/mol. The van der Waals surface area contributed by atoms with Gasteiger partial charge in [-0.2, -0.15) is 0 Å². The summed E-state index contributed by atoms with van der Waals surface area (Å²) in [6, 6.07) is 6.27. The van der Waals surface area contributed by atoms with Gasteiger partial charge < -0.3 is 10.4 Å². The van der Waals surface area contributed by atoms with E-state index in [2.05, 4.69) is 5.32 Å². The van der Waals surface area contributed by atoms with E-state index in [0.717, 1.165) is 5.56 Å². The number of thioether (sulfide) groups is 1. The predicted octanol–water partition coefficient (Wildman–Crippen LogP) is 2.73. The van der Waals surface area contributed by atoms with Gasteiger partial charge in [-0.3, -0.25) is 4.79 Å². The minimum Gasteiger partial charge on any atom is -0.394 e. The number of aliphatic hydroxyl groups excluding tert-OH is 1. The lowest BCUT2D eigenvalue weighted by atomic mass is 9.94. The molecule has 5 heteroatoms.